The minimum Gasteiger partial charge on any atom is -0.384 e. The second-order valence-electron chi connectivity index (χ2n) is 4.62. The Morgan fingerprint density at radius 1 is 1.05 bits per heavy atom. The van der Waals surface area contributed by atoms with E-state index in [0.29, 0.717) is 29.3 Å². The van der Waals surface area contributed by atoms with Crippen molar-refractivity contribution in [2.24, 2.45) is 0 Å². The third kappa shape index (κ3) is 2.67. The lowest BCUT2D eigenvalue weighted by atomic mass is 10.1. The molecule has 0 unspecified atom stereocenters. The van der Waals surface area contributed by atoms with Gasteiger partial charge < -0.3 is 5.73 Å². The molecule has 3 rings (SSSR count). The molecular weight excluding hydrogens is 281 g/mol. The van der Waals surface area contributed by atoms with Crippen LogP contribution < -0.4 is 5.73 Å². The molecule has 2 N–H and O–H groups in total. The number of rotatable bonds is 2. The third-order valence-electron chi connectivity index (χ3n) is 3.08. The smallest absolute Gasteiger partial charge is 0.384 e. The van der Waals surface area contributed by atoms with Crippen LogP contribution in [0.4, 0.5) is 19.0 Å². The summed E-state index contributed by atoms with van der Waals surface area (Å²) in [5, 5.41) is 4.24. The number of nitrogen functional groups attached to an aromatic ring is 1. The van der Waals surface area contributed by atoms with Crippen LogP contribution in [0.3, 0.4) is 0 Å². The summed E-state index contributed by atoms with van der Waals surface area (Å²) in [6, 6.07) is 10.2. The van der Waals surface area contributed by atoms with Gasteiger partial charge >= 0.3 is 6.18 Å². The van der Waals surface area contributed by atoms with E-state index in [0.717, 1.165) is 12.1 Å². The molecule has 0 fully saturated rings. The fraction of sp³-hybridized carbons (Fsp3) is 0.143. The number of benzene rings is 1. The highest BCUT2D eigenvalue weighted by molar-refractivity contribution is 5.46. The summed E-state index contributed by atoms with van der Waals surface area (Å²) in [4.78, 5) is 4.29. The minimum atomic E-state index is -4.33. The van der Waals surface area contributed by atoms with Crippen LogP contribution in [0.15, 0.2) is 42.5 Å². The van der Waals surface area contributed by atoms with E-state index in [9.17, 15) is 13.2 Å². The molecule has 0 aliphatic rings. The van der Waals surface area contributed by atoms with Gasteiger partial charge in [0.15, 0.2) is 11.5 Å². The molecule has 0 spiro atoms. The van der Waals surface area contributed by atoms with E-state index >= 15 is 0 Å². The third-order valence-corrected chi connectivity index (χ3v) is 3.08. The SMILES string of the molecule is Nc1cccc2nc(Cc3ccc(C(F)(F)F)cc3)nn12. The van der Waals surface area contributed by atoms with Gasteiger partial charge in [0.25, 0.3) is 0 Å². The summed E-state index contributed by atoms with van der Waals surface area (Å²) >= 11 is 0. The Morgan fingerprint density at radius 3 is 2.38 bits per heavy atom. The van der Waals surface area contributed by atoms with E-state index in [1.807, 2.05) is 0 Å². The van der Waals surface area contributed by atoms with Crippen molar-refractivity contribution in [2.75, 3.05) is 5.73 Å². The molecule has 0 aliphatic carbocycles. The average molecular weight is 292 g/mol. The Balaban J connectivity index is 1.87. The topological polar surface area (TPSA) is 56.2 Å². The van der Waals surface area contributed by atoms with Crippen LogP contribution in [0, 0.1) is 0 Å². The molecule has 0 radical (unpaired) electrons. The number of fused-ring (bicyclic) bond motifs is 1. The van der Waals surface area contributed by atoms with Gasteiger partial charge in [0.1, 0.15) is 5.82 Å². The number of hydrogen-bond donors (Lipinski definition) is 1. The van der Waals surface area contributed by atoms with Gasteiger partial charge in [-0.1, -0.05) is 18.2 Å². The molecule has 2 heterocycles. The van der Waals surface area contributed by atoms with Gasteiger partial charge in [-0.3, -0.25) is 0 Å². The Kier molecular flexibility index (Phi) is 3.04. The molecular formula is C14H11F3N4. The number of aromatic nitrogens is 3. The maximum Gasteiger partial charge on any atom is 0.416 e. The van der Waals surface area contributed by atoms with Gasteiger partial charge in [0.05, 0.1) is 5.56 Å². The normalized spacial score (nSPS) is 12.0. The zero-order chi connectivity index (χ0) is 15.0. The zero-order valence-electron chi connectivity index (χ0n) is 10.8. The molecule has 0 aliphatic heterocycles. The lowest BCUT2D eigenvalue weighted by molar-refractivity contribution is -0.137. The van der Waals surface area contributed by atoms with E-state index in [1.165, 1.54) is 16.6 Å². The highest BCUT2D eigenvalue weighted by Crippen LogP contribution is 2.29. The van der Waals surface area contributed by atoms with Gasteiger partial charge in [0.2, 0.25) is 0 Å². The van der Waals surface area contributed by atoms with Crippen molar-refractivity contribution in [3.05, 3.63) is 59.4 Å². The van der Waals surface area contributed by atoms with E-state index in [1.54, 1.807) is 18.2 Å². The predicted molar refractivity (Wildman–Crippen MR) is 71.6 cm³/mol. The second-order valence-corrected chi connectivity index (χ2v) is 4.62. The van der Waals surface area contributed by atoms with Crippen molar-refractivity contribution in [1.29, 1.82) is 0 Å². The lowest BCUT2D eigenvalue weighted by Crippen LogP contribution is -2.04. The maximum atomic E-state index is 12.5. The fourth-order valence-corrected chi connectivity index (χ4v) is 2.04. The highest BCUT2D eigenvalue weighted by atomic mass is 19.4. The van der Waals surface area contributed by atoms with E-state index in [-0.39, 0.29) is 0 Å². The monoisotopic (exact) mass is 292 g/mol. The molecule has 0 bridgehead atoms. The number of hydrogen-bond acceptors (Lipinski definition) is 3. The van der Waals surface area contributed by atoms with Gasteiger partial charge in [-0.2, -0.15) is 17.7 Å². The summed E-state index contributed by atoms with van der Waals surface area (Å²) in [6.45, 7) is 0. The molecule has 3 aromatic rings. The number of halogens is 3. The van der Waals surface area contributed by atoms with E-state index < -0.39 is 11.7 Å². The standard InChI is InChI=1S/C14H11F3N4/c15-14(16,17)10-6-4-9(5-7-10)8-12-19-13-3-1-2-11(18)21(13)20-12/h1-7H,8,18H2. The largest absolute Gasteiger partial charge is 0.416 e. The zero-order valence-corrected chi connectivity index (χ0v) is 10.8. The van der Waals surface area contributed by atoms with Gasteiger partial charge in [-0.05, 0) is 29.8 Å². The Labute approximate surface area is 118 Å². The highest BCUT2D eigenvalue weighted by Gasteiger charge is 2.29. The maximum absolute atomic E-state index is 12.5. The first-order valence-electron chi connectivity index (χ1n) is 6.20. The molecule has 21 heavy (non-hydrogen) atoms. The summed E-state index contributed by atoms with van der Waals surface area (Å²) in [7, 11) is 0. The van der Waals surface area contributed by atoms with Crippen molar-refractivity contribution in [2.45, 2.75) is 12.6 Å². The van der Waals surface area contributed by atoms with Crippen molar-refractivity contribution in [3.63, 3.8) is 0 Å². The Hall–Kier alpha value is -2.57. The molecule has 0 atom stereocenters. The molecule has 7 heteroatoms. The molecule has 4 nitrogen and oxygen atoms in total. The van der Waals surface area contributed by atoms with Gasteiger partial charge in [-0.15, -0.1) is 5.10 Å². The van der Waals surface area contributed by atoms with Crippen LogP contribution in [0.1, 0.15) is 17.0 Å². The van der Waals surface area contributed by atoms with E-state index in [4.69, 9.17) is 5.73 Å². The molecule has 0 saturated heterocycles. The van der Waals surface area contributed by atoms with Gasteiger partial charge in [0, 0.05) is 6.42 Å². The number of nitrogens with zero attached hydrogens (tertiary/aromatic N) is 3. The number of nitrogens with two attached hydrogens (primary N) is 1. The first kappa shape index (κ1) is 13.4. The summed E-state index contributed by atoms with van der Waals surface area (Å²) in [5.41, 5.74) is 6.41. The molecule has 0 amide bonds. The second kappa shape index (κ2) is 4.76. The number of alkyl halides is 3. The van der Waals surface area contributed by atoms with Crippen LogP contribution in [-0.2, 0) is 12.6 Å². The van der Waals surface area contributed by atoms with Crippen LogP contribution >= 0.6 is 0 Å². The van der Waals surface area contributed by atoms with Crippen molar-refractivity contribution >= 4 is 11.5 Å². The summed E-state index contributed by atoms with van der Waals surface area (Å²) < 4.78 is 39.0. The quantitative estimate of drug-likeness (QED) is 0.790. The Bertz CT molecular complexity index is 775. The predicted octanol–water partition coefficient (Wildman–Crippen LogP) is 2.92. The van der Waals surface area contributed by atoms with Crippen molar-refractivity contribution in [1.82, 2.24) is 14.6 Å². The number of anilines is 1. The Morgan fingerprint density at radius 2 is 1.76 bits per heavy atom. The first-order valence-corrected chi connectivity index (χ1v) is 6.20. The van der Waals surface area contributed by atoms with Gasteiger partial charge in [-0.25, -0.2) is 4.98 Å². The number of pyridine rings is 1. The fourth-order valence-electron chi connectivity index (χ4n) is 2.04. The average Bonchev–Trinajstić information content (AvgIpc) is 2.82. The van der Waals surface area contributed by atoms with Crippen LogP contribution in [0.25, 0.3) is 5.65 Å². The summed E-state index contributed by atoms with van der Waals surface area (Å²) in [5.74, 6) is 0.964. The molecule has 2 aromatic heterocycles. The van der Waals surface area contributed by atoms with Crippen LogP contribution in [-0.4, -0.2) is 14.6 Å². The van der Waals surface area contributed by atoms with E-state index in [2.05, 4.69) is 10.1 Å². The molecule has 108 valence electrons. The van der Waals surface area contributed by atoms with Crippen LogP contribution in [0.2, 0.25) is 0 Å². The van der Waals surface area contributed by atoms with Crippen molar-refractivity contribution in [3.8, 4) is 0 Å². The van der Waals surface area contributed by atoms with Crippen LogP contribution in [0.5, 0.6) is 0 Å². The molecule has 0 saturated carbocycles. The first-order chi connectivity index (χ1) is 9.93. The summed E-state index contributed by atoms with van der Waals surface area (Å²) in [6.07, 6.45) is -3.98. The molecule has 1 aromatic carbocycles. The lowest BCUT2D eigenvalue weighted by Gasteiger charge is -2.06. The minimum absolute atomic E-state index is 0.346. The van der Waals surface area contributed by atoms with Crippen molar-refractivity contribution < 1.29 is 13.2 Å².